The minimum absolute atomic E-state index is 0.000521. The number of amides is 1. The smallest absolute Gasteiger partial charge is 0.275 e. The average Bonchev–Trinajstić information content (AvgIpc) is 3.54. The zero-order chi connectivity index (χ0) is 22.2. The van der Waals surface area contributed by atoms with Gasteiger partial charge in [-0.2, -0.15) is 0 Å². The van der Waals surface area contributed by atoms with Crippen LogP contribution in [0.25, 0.3) is 0 Å². The molecule has 1 aliphatic heterocycles. The number of benzene rings is 1. The number of rotatable bonds is 6. The molecular weight excluding hydrogens is 431 g/mol. The Labute approximate surface area is 179 Å². The number of nitrogens with one attached hydrogen (secondary N) is 1. The summed E-state index contributed by atoms with van der Waals surface area (Å²) < 4.78 is 48.3. The summed E-state index contributed by atoms with van der Waals surface area (Å²) in [6, 6.07) is 1.98. The summed E-state index contributed by atoms with van der Waals surface area (Å²) in [7, 11) is 0. The van der Waals surface area contributed by atoms with Crippen LogP contribution in [0.4, 0.5) is 18.9 Å². The third kappa shape index (κ3) is 3.90. The molecule has 7 nitrogen and oxygen atoms in total. The molecule has 1 fully saturated rings. The molecule has 1 saturated carbocycles. The average molecular weight is 447 g/mol. The maximum absolute atomic E-state index is 14.7. The van der Waals surface area contributed by atoms with Crippen molar-refractivity contribution in [2.45, 2.75) is 17.2 Å². The number of ether oxygens (including phenoxy) is 1. The molecule has 0 saturated heterocycles. The topological polar surface area (TPSA) is 102 Å². The van der Waals surface area contributed by atoms with Gasteiger partial charge < -0.3 is 15.8 Å². The van der Waals surface area contributed by atoms with Crippen molar-refractivity contribution in [1.29, 1.82) is 0 Å². The lowest BCUT2D eigenvalue weighted by Gasteiger charge is -2.31. The van der Waals surface area contributed by atoms with Crippen LogP contribution < -0.4 is 15.8 Å². The standard InChI is InChI=1S/C20H16F3N5O2S/c1-2-3-30-16-8-25-14(7-26-16)18(29)27-10-4-12(17(23)13(22)5-10)20(9-21)11-6-15(11)31-19(24)28-20/h1,4-5,7-8,11,15H,3,6,9H2,(H2,24,28)(H,27,29)/t11-,15+,20+/m1/s1. The molecule has 4 rings (SSSR count). The fraction of sp³-hybridized carbons (Fsp3) is 0.300. The number of aliphatic imine (C=N–C) groups is 1. The Hall–Kier alpha value is -3.26. The van der Waals surface area contributed by atoms with E-state index in [1.807, 2.05) is 0 Å². The van der Waals surface area contributed by atoms with E-state index < -0.39 is 29.8 Å². The van der Waals surface area contributed by atoms with E-state index in [9.17, 15) is 18.0 Å². The summed E-state index contributed by atoms with van der Waals surface area (Å²) >= 11 is 1.29. The number of aromatic nitrogens is 2. The largest absolute Gasteiger partial charge is 0.463 e. The predicted molar refractivity (Wildman–Crippen MR) is 109 cm³/mol. The van der Waals surface area contributed by atoms with Crippen molar-refractivity contribution in [3.63, 3.8) is 0 Å². The number of nitrogens with two attached hydrogens (primary N) is 1. The number of nitrogens with zero attached hydrogens (tertiary/aromatic N) is 3. The Morgan fingerprint density at radius 1 is 1.39 bits per heavy atom. The van der Waals surface area contributed by atoms with Crippen molar-refractivity contribution < 1.29 is 22.7 Å². The van der Waals surface area contributed by atoms with Crippen molar-refractivity contribution in [2.75, 3.05) is 18.6 Å². The normalized spacial score (nSPS) is 23.9. The Kier molecular flexibility index (Phi) is 5.49. The van der Waals surface area contributed by atoms with Gasteiger partial charge in [0.05, 0.1) is 12.4 Å². The molecular formula is C20H16F3N5O2S. The van der Waals surface area contributed by atoms with Crippen molar-refractivity contribution in [2.24, 2.45) is 16.6 Å². The monoisotopic (exact) mass is 447 g/mol. The van der Waals surface area contributed by atoms with E-state index in [1.54, 1.807) is 0 Å². The first-order chi connectivity index (χ1) is 14.9. The van der Waals surface area contributed by atoms with Gasteiger partial charge in [0.2, 0.25) is 5.88 Å². The highest BCUT2D eigenvalue weighted by Gasteiger charge is 2.58. The molecule has 1 aromatic heterocycles. The van der Waals surface area contributed by atoms with E-state index in [2.05, 4.69) is 26.2 Å². The molecule has 31 heavy (non-hydrogen) atoms. The summed E-state index contributed by atoms with van der Waals surface area (Å²) in [5.41, 5.74) is 3.70. The molecule has 0 bridgehead atoms. The van der Waals surface area contributed by atoms with Gasteiger partial charge in [-0.1, -0.05) is 17.7 Å². The minimum Gasteiger partial charge on any atom is -0.463 e. The van der Waals surface area contributed by atoms with Gasteiger partial charge >= 0.3 is 0 Å². The Morgan fingerprint density at radius 2 is 2.19 bits per heavy atom. The first-order valence-corrected chi connectivity index (χ1v) is 10.0. The molecule has 160 valence electrons. The zero-order valence-corrected chi connectivity index (χ0v) is 16.8. The number of thioether (sulfide) groups is 1. The van der Waals surface area contributed by atoms with Gasteiger partial charge in [0, 0.05) is 28.5 Å². The second-order valence-corrected chi connectivity index (χ2v) is 8.27. The van der Waals surface area contributed by atoms with E-state index in [0.29, 0.717) is 6.42 Å². The van der Waals surface area contributed by atoms with Crippen LogP contribution in [0.1, 0.15) is 22.5 Å². The number of carbonyl (C=O) groups is 1. The highest BCUT2D eigenvalue weighted by Crippen LogP contribution is 2.58. The highest BCUT2D eigenvalue weighted by atomic mass is 32.2. The third-order valence-electron chi connectivity index (χ3n) is 5.05. The van der Waals surface area contributed by atoms with Gasteiger partial charge in [0.25, 0.3) is 5.91 Å². The highest BCUT2D eigenvalue weighted by molar-refractivity contribution is 8.14. The van der Waals surface area contributed by atoms with Crippen LogP contribution in [-0.2, 0) is 5.54 Å². The molecule has 1 amide bonds. The van der Waals surface area contributed by atoms with E-state index in [4.69, 9.17) is 16.9 Å². The van der Waals surface area contributed by atoms with E-state index in [0.717, 1.165) is 12.3 Å². The molecule has 3 atom stereocenters. The predicted octanol–water partition coefficient (Wildman–Crippen LogP) is 2.63. The van der Waals surface area contributed by atoms with Gasteiger partial charge in [-0.25, -0.2) is 28.1 Å². The van der Waals surface area contributed by atoms with Gasteiger partial charge in [0.1, 0.15) is 17.9 Å². The number of alkyl halides is 1. The minimum atomic E-state index is -1.62. The molecule has 0 unspecified atom stereocenters. The van der Waals surface area contributed by atoms with Gasteiger partial charge in [0.15, 0.2) is 23.4 Å². The molecule has 11 heteroatoms. The molecule has 2 heterocycles. The van der Waals surface area contributed by atoms with Crippen LogP contribution in [0.15, 0.2) is 29.5 Å². The van der Waals surface area contributed by atoms with Crippen LogP contribution in [0.5, 0.6) is 5.88 Å². The number of hydrogen-bond acceptors (Lipinski definition) is 7. The van der Waals surface area contributed by atoms with Crippen LogP contribution in [0, 0.1) is 29.9 Å². The van der Waals surface area contributed by atoms with Crippen LogP contribution >= 0.6 is 11.8 Å². The second-order valence-electron chi connectivity index (χ2n) is 7.01. The van der Waals surface area contributed by atoms with E-state index in [1.165, 1.54) is 24.0 Å². The van der Waals surface area contributed by atoms with Gasteiger partial charge in [-0.05, 0) is 12.5 Å². The number of halogens is 3. The van der Waals surface area contributed by atoms with Crippen molar-refractivity contribution in [3.8, 4) is 18.2 Å². The summed E-state index contributed by atoms with van der Waals surface area (Å²) in [4.78, 5) is 24.4. The molecule has 2 aliphatic rings. The molecule has 2 aromatic rings. The van der Waals surface area contributed by atoms with Gasteiger partial charge in [-0.15, -0.1) is 6.42 Å². The zero-order valence-electron chi connectivity index (χ0n) is 15.9. The molecule has 3 N–H and O–H groups in total. The molecule has 0 radical (unpaired) electrons. The Morgan fingerprint density at radius 3 is 2.87 bits per heavy atom. The fourth-order valence-electron chi connectivity index (χ4n) is 3.52. The molecule has 1 aromatic carbocycles. The summed E-state index contributed by atoms with van der Waals surface area (Å²) in [5.74, 6) is -1.11. The van der Waals surface area contributed by atoms with E-state index in [-0.39, 0.29) is 45.8 Å². The van der Waals surface area contributed by atoms with Crippen molar-refractivity contribution in [1.82, 2.24) is 9.97 Å². The second kappa shape index (κ2) is 8.11. The van der Waals surface area contributed by atoms with Crippen LogP contribution in [0.3, 0.4) is 0 Å². The fourth-order valence-corrected chi connectivity index (χ4v) is 4.74. The number of fused-ring (bicyclic) bond motifs is 1. The lowest BCUT2D eigenvalue weighted by Crippen LogP contribution is -2.37. The molecule has 1 aliphatic carbocycles. The van der Waals surface area contributed by atoms with Gasteiger partial charge in [-0.3, -0.25) is 4.79 Å². The number of carbonyl (C=O) groups excluding carboxylic acids is 1. The summed E-state index contributed by atoms with van der Waals surface area (Å²) in [5, 5.41) is 2.54. The van der Waals surface area contributed by atoms with Crippen LogP contribution in [-0.4, -0.2) is 39.6 Å². The van der Waals surface area contributed by atoms with E-state index >= 15 is 0 Å². The molecule has 0 spiro atoms. The number of anilines is 1. The first-order valence-electron chi connectivity index (χ1n) is 9.15. The summed E-state index contributed by atoms with van der Waals surface area (Å²) in [6.07, 6.45) is 8.01. The first kappa shape index (κ1) is 21.0. The Bertz CT molecular complexity index is 1110. The lowest BCUT2D eigenvalue weighted by atomic mass is 9.85. The number of hydrogen-bond donors (Lipinski definition) is 2. The quantitative estimate of drug-likeness (QED) is 0.660. The number of terminal acetylenes is 1. The number of amidine groups is 1. The van der Waals surface area contributed by atoms with Crippen LogP contribution in [0.2, 0.25) is 0 Å². The van der Waals surface area contributed by atoms with Crippen molar-refractivity contribution in [3.05, 3.63) is 47.4 Å². The maximum Gasteiger partial charge on any atom is 0.275 e. The maximum atomic E-state index is 14.7. The summed E-state index contributed by atoms with van der Waals surface area (Å²) in [6.45, 7) is -1.06. The third-order valence-corrected chi connectivity index (χ3v) is 6.20. The lowest BCUT2D eigenvalue weighted by molar-refractivity contribution is 0.102. The van der Waals surface area contributed by atoms with Crippen molar-refractivity contribution >= 4 is 28.5 Å². The Balaban J connectivity index is 1.62. The SMILES string of the molecule is C#CCOc1cnc(C(=O)Nc2cc(F)c(F)c([C@@]3(CF)N=C(N)S[C@H]4C[C@H]43)c2)cn1.